The highest BCUT2D eigenvalue weighted by Gasteiger charge is 2.34. The number of allylic oxidation sites excluding steroid dienone is 2. The number of ether oxygens (including phenoxy) is 1. The second-order valence-electron chi connectivity index (χ2n) is 6.07. The van der Waals surface area contributed by atoms with E-state index in [0.29, 0.717) is 30.8 Å². The molecule has 1 atom stereocenters. The molecule has 0 bridgehead atoms. The van der Waals surface area contributed by atoms with E-state index in [2.05, 4.69) is 5.10 Å². The standard InChI is InChI=1S/C18H20F3N3O2/c19-13-3-1-4-15(26-10-16(20)21)17(13)11-5-6-12-14(9-11)24(7-2-8-25)23-18(12)22/h1,3-6,14,16,25H,2,7-10H2,(H2,22,23). The Morgan fingerprint density at radius 2 is 2.15 bits per heavy atom. The summed E-state index contributed by atoms with van der Waals surface area (Å²) in [5.41, 5.74) is 7.58. The first kappa shape index (κ1) is 18.3. The lowest BCUT2D eigenvalue weighted by Gasteiger charge is -2.28. The van der Waals surface area contributed by atoms with Gasteiger partial charge in [0.2, 0.25) is 0 Å². The van der Waals surface area contributed by atoms with Crippen LogP contribution in [-0.4, -0.2) is 48.2 Å². The Bertz CT molecular complexity index is 762. The lowest BCUT2D eigenvalue weighted by molar-refractivity contribution is 0.0815. The summed E-state index contributed by atoms with van der Waals surface area (Å²) < 4.78 is 44.5. The number of fused-ring (bicyclic) bond motifs is 1. The van der Waals surface area contributed by atoms with Gasteiger partial charge in [-0.25, -0.2) is 13.2 Å². The molecule has 3 N–H and O–H groups in total. The minimum absolute atomic E-state index is 0.0271. The van der Waals surface area contributed by atoms with E-state index in [1.54, 1.807) is 17.2 Å². The molecule has 1 unspecified atom stereocenters. The van der Waals surface area contributed by atoms with Crippen LogP contribution >= 0.6 is 0 Å². The molecule has 8 heteroatoms. The zero-order valence-electron chi connectivity index (χ0n) is 14.0. The van der Waals surface area contributed by atoms with Gasteiger partial charge in [0.15, 0.2) is 0 Å². The summed E-state index contributed by atoms with van der Waals surface area (Å²) in [5, 5.41) is 15.1. The van der Waals surface area contributed by atoms with Crippen molar-refractivity contribution in [2.45, 2.75) is 25.3 Å². The molecule has 2 aliphatic rings. The number of hydrazone groups is 1. The van der Waals surface area contributed by atoms with E-state index in [1.807, 2.05) is 0 Å². The first-order valence-corrected chi connectivity index (χ1v) is 8.33. The van der Waals surface area contributed by atoms with E-state index in [9.17, 15) is 13.2 Å². The molecule has 0 spiro atoms. The number of aliphatic hydroxyl groups is 1. The molecule has 1 aromatic rings. The van der Waals surface area contributed by atoms with Crippen LogP contribution in [0.4, 0.5) is 13.2 Å². The predicted octanol–water partition coefficient (Wildman–Crippen LogP) is 2.52. The van der Waals surface area contributed by atoms with Crippen LogP contribution in [0.2, 0.25) is 0 Å². The van der Waals surface area contributed by atoms with E-state index in [-0.39, 0.29) is 24.0 Å². The molecule has 1 aliphatic heterocycles. The normalized spacial score (nSPS) is 19.2. The minimum atomic E-state index is -2.64. The van der Waals surface area contributed by atoms with Crippen molar-refractivity contribution in [2.24, 2.45) is 10.8 Å². The molecule has 0 fully saturated rings. The van der Waals surface area contributed by atoms with E-state index >= 15 is 0 Å². The number of nitrogens with zero attached hydrogens (tertiary/aromatic N) is 2. The summed E-state index contributed by atoms with van der Waals surface area (Å²) in [6.45, 7) is -0.259. The van der Waals surface area contributed by atoms with Crippen LogP contribution in [0.1, 0.15) is 18.4 Å². The van der Waals surface area contributed by atoms with Crippen molar-refractivity contribution in [1.29, 1.82) is 0 Å². The predicted molar refractivity (Wildman–Crippen MR) is 92.4 cm³/mol. The highest BCUT2D eigenvalue weighted by molar-refractivity contribution is 6.01. The van der Waals surface area contributed by atoms with Crippen LogP contribution in [0.3, 0.4) is 0 Å². The highest BCUT2D eigenvalue weighted by Crippen LogP contribution is 2.38. The average Bonchev–Trinajstić information content (AvgIpc) is 2.93. The summed E-state index contributed by atoms with van der Waals surface area (Å²) in [4.78, 5) is 0. The highest BCUT2D eigenvalue weighted by atomic mass is 19.3. The number of benzene rings is 1. The summed E-state index contributed by atoms with van der Waals surface area (Å²) in [6, 6.07) is 4.00. The summed E-state index contributed by atoms with van der Waals surface area (Å²) in [6.07, 6.45) is 1.78. The van der Waals surface area contributed by atoms with Gasteiger partial charge < -0.3 is 15.6 Å². The molecule has 1 aliphatic carbocycles. The number of aliphatic hydroxyl groups excluding tert-OH is 1. The SMILES string of the molecule is NC1=NN(CCCO)C2CC(c3c(F)cccc3OCC(F)F)=CC=C12. The van der Waals surface area contributed by atoms with Crippen LogP contribution in [0.5, 0.6) is 5.75 Å². The number of hydrogen-bond acceptors (Lipinski definition) is 5. The molecule has 3 rings (SSSR count). The van der Waals surface area contributed by atoms with Crippen LogP contribution in [0.15, 0.2) is 41.0 Å². The number of halogens is 3. The number of hydrogen-bond donors (Lipinski definition) is 2. The van der Waals surface area contributed by atoms with E-state index in [0.717, 1.165) is 5.57 Å². The molecule has 0 aromatic heterocycles. The smallest absolute Gasteiger partial charge is 0.272 e. The topological polar surface area (TPSA) is 71.1 Å². The number of alkyl halides is 2. The fourth-order valence-electron chi connectivity index (χ4n) is 3.19. The minimum Gasteiger partial charge on any atom is -0.487 e. The zero-order valence-corrected chi connectivity index (χ0v) is 14.0. The van der Waals surface area contributed by atoms with Gasteiger partial charge in [-0.3, -0.25) is 5.01 Å². The van der Waals surface area contributed by atoms with Crippen molar-refractivity contribution in [3.8, 4) is 5.75 Å². The van der Waals surface area contributed by atoms with Crippen LogP contribution in [0.25, 0.3) is 5.57 Å². The van der Waals surface area contributed by atoms with Gasteiger partial charge in [0.05, 0.1) is 11.6 Å². The Hall–Kier alpha value is -2.48. The Morgan fingerprint density at radius 1 is 1.35 bits per heavy atom. The lowest BCUT2D eigenvalue weighted by Crippen LogP contribution is -2.31. The molecule has 0 saturated carbocycles. The molecular formula is C18H20F3N3O2. The zero-order chi connectivity index (χ0) is 18.7. The number of nitrogens with two attached hydrogens (primary N) is 1. The van der Waals surface area contributed by atoms with Crippen LogP contribution < -0.4 is 10.5 Å². The second kappa shape index (κ2) is 7.82. The van der Waals surface area contributed by atoms with Crippen molar-refractivity contribution >= 4 is 11.4 Å². The molecule has 0 saturated heterocycles. The Morgan fingerprint density at radius 3 is 2.88 bits per heavy atom. The molecule has 0 radical (unpaired) electrons. The van der Waals surface area contributed by atoms with Gasteiger partial charge in [-0.1, -0.05) is 18.2 Å². The third-order valence-electron chi connectivity index (χ3n) is 4.33. The van der Waals surface area contributed by atoms with Gasteiger partial charge in [-0.05, 0) is 30.5 Å². The summed E-state index contributed by atoms with van der Waals surface area (Å²) in [5.74, 6) is -0.0539. The largest absolute Gasteiger partial charge is 0.487 e. The Kier molecular flexibility index (Phi) is 5.51. The molecule has 5 nitrogen and oxygen atoms in total. The average molecular weight is 367 g/mol. The van der Waals surface area contributed by atoms with Gasteiger partial charge >= 0.3 is 0 Å². The van der Waals surface area contributed by atoms with Crippen molar-refractivity contribution < 1.29 is 23.0 Å². The van der Waals surface area contributed by atoms with Gasteiger partial charge in [0, 0.05) is 18.7 Å². The summed E-state index contributed by atoms with van der Waals surface area (Å²) in [7, 11) is 0. The van der Waals surface area contributed by atoms with E-state index in [1.165, 1.54) is 18.2 Å². The number of rotatable bonds is 7. The number of amidine groups is 1. The first-order valence-electron chi connectivity index (χ1n) is 8.33. The van der Waals surface area contributed by atoms with Crippen molar-refractivity contribution in [1.82, 2.24) is 5.01 Å². The Labute approximate surface area is 149 Å². The van der Waals surface area contributed by atoms with Crippen LogP contribution in [0, 0.1) is 5.82 Å². The maximum Gasteiger partial charge on any atom is 0.272 e. The van der Waals surface area contributed by atoms with Gasteiger partial charge in [-0.2, -0.15) is 5.10 Å². The molecule has 1 heterocycles. The van der Waals surface area contributed by atoms with Gasteiger partial charge in [0.1, 0.15) is 24.0 Å². The molecule has 26 heavy (non-hydrogen) atoms. The van der Waals surface area contributed by atoms with E-state index in [4.69, 9.17) is 15.6 Å². The maximum absolute atomic E-state index is 14.5. The maximum atomic E-state index is 14.5. The molecule has 140 valence electrons. The van der Waals surface area contributed by atoms with E-state index < -0.39 is 18.8 Å². The monoisotopic (exact) mass is 367 g/mol. The molecule has 1 aromatic carbocycles. The Balaban J connectivity index is 1.89. The van der Waals surface area contributed by atoms with Gasteiger partial charge in [0.25, 0.3) is 6.43 Å². The first-order chi connectivity index (χ1) is 12.5. The van der Waals surface area contributed by atoms with Crippen molar-refractivity contribution in [3.63, 3.8) is 0 Å². The lowest BCUT2D eigenvalue weighted by atomic mass is 9.88. The summed E-state index contributed by atoms with van der Waals surface area (Å²) >= 11 is 0. The fraction of sp³-hybridized carbons (Fsp3) is 0.389. The molecule has 0 amide bonds. The van der Waals surface area contributed by atoms with Crippen molar-refractivity contribution in [3.05, 3.63) is 47.3 Å². The quantitative estimate of drug-likeness (QED) is 0.777. The van der Waals surface area contributed by atoms with Crippen LogP contribution in [-0.2, 0) is 0 Å². The van der Waals surface area contributed by atoms with Gasteiger partial charge in [-0.15, -0.1) is 0 Å². The fourth-order valence-corrected chi connectivity index (χ4v) is 3.19. The second-order valence-corrected chi connectivity index (χ2v) is 6.07. The third-order valence-corrected chi connectivity index (χ3v) is 4.33. The van der Waals surface area contributed by atoms with Crippen molar-refractivity contribution in [2.75, 3.05) is 19.8 Å². The third kappa shape index (κ3) is 3.70. The molecular weight excluding hydrogens is 347 g/mol.